The molecule has 10 heteroatoms. The van der Waals surface area contributed by atoms with Crippen LogP contribution in [0.3, 0.4) is 0 Å². The molecule has 184 valence electrons. The van der Waals surface area contributed by atoms with Gasteiger partial charge in [-0.05, 0) is 61.7 Å². The molecule has 0 radical (unpaired) electrons. The number of nitrogens with one attached hydrogen (secondary N) is 1. The Morgan fingerprint density at radius 1 is 1.29 bits per heavy atom. The number of hydrogen-bond donors (Lipinski definition) is 1. The summed E-state index contributed by atoms with van der Waals surface area (Å²) in [7, 11) is 0. The van der Waals surface area contributed by atoms with E-state index in [2.05, 4.69) is 5.32 Å². The molecule has 2 aromatic carbocycles. The molecule has 2 aliphatic rings. The Bertz CT molecular complexity index is 1150. The second-order valence-corrected chi connectivity index (χ2v) is 10.0. The van der Waals surface area contributed by atoms with Gasteiger partial charge in [0.15, 0.2) is 18.1 Å². The van der Waals surface area contributed by atoms with Gasteiger partial charge in [-0.15, -0.1) is 0 Å². The summed E-state index contributed by atoms with van der Waals surface area (Å²) in [6, 6.07) is 12.2. The summed E-state index contributed by atoms with van der Waals surface area (Å²) < 4.78 is 17.6. The summed E-state index contributed by atoms with van der Waals surface area (Å²) in [5.41, 5.74) is 1.35. The maximum Gasteiger partial charge on any atom is 0.266 e. The number of carbonyl (C=O) groups excluding carboxylic acids is 2. The number of anilines is 1. The zero-order valence-corrected chi connectivity index (χ0v) is 21.5. The molecule has 4 rings (SSSR count). The largest absolute Gasteiger partial charge is 0.490 e. The molecule has 0 unspecified atom stereocenters. The summed E-state index contributed by atoms with van der Waals surface area (Å²) in [4.78, 5) is 27.4. The van der Waals surface area contributed by atoms with Crippen LogP contribution < -0.4 is 14.8 Å². The minimum atomic E-state index is -0.325. The molecular formula is C25H25ClN2O5S2. The maximum absolute atomic E-state index is 12.9. The van der Waals surface area contributed by atoms with Gasteiger partial charge in [0.25, 0.3) is 11.8 Å². The highest BCUT2D eigenvalue weighted by Crippen LogP contribution is 2.35. The van der Waals surface area contributed by atoms with Crippen molar-refractivity contribution in [3.63, 3.8) is 0 Å². The van der Waals surface area contributed by atoms with Crippen molar-refractivity contribution in [3.05, 3.63) is 58.0 Å². The predicted octanol–water partition coefficient (Wildman–Crippen LogP) is 5.14. The van der Waals surface area contributed by atoms with Crippen molar-refractivity contribution in [3.8, 4) is 11.5 Å². The number of thiocarbonyl (C=S) groups is 1. The van der Waals surface area contributed by atoms with Gasteiger partial charge >= 0.3 is 0 Å². The van der Waals surface area contributed by atoms with Crippen molar-refractivity contribution < 1.29 is 23.8 Å². The van der Waals surface area contributed by atoms with Crippen LogP contribution in [0.4, 0.5) is 5.69 Å². The maximum atomic E-state index is 12.9. The first-order chi connectivity index (χ1) is 16.9. The van der Waals surface area contributed by atoms with Gasteiger partial charge in [0.2, 0.25) is 0 Å². The molecule has 0 spiro atoms. The first-order valence-electron chi connectivity index (χ1n) is 11.2. The quantitative estimate of drug-likeness (QED) is 0.354. The van der Waals surface area contributed by atoms with Gasteiger partial charge in [0.1, 0.15) is 4.32 Å². The monoisotopic (exact) mass is 532 g/mol. The lowest BCUT2D eigenvalue weighted by Crippen LogP contribution is -2.35. The molecule has 0 bridgehead atoms. The minimum Gasteiger partial charge on any atom is -0.490 e. The molecule has 2 amide bonds. The van der Waals surface area contributed by atoms with Gasteiger partial charge in [0.05, 0.1) is 24.2 Å². The van der Waals surface area contributed by atoms with Crippen LogP contribution in [-0.4, -0.2) is 53.5 Å². The molecule has 0 aromatic heterocycles. The Morgan fingerprint density at radius 2 is 2.14 bits per heavy atom. The Kier molecular flexibility index (Phi) is 8.67. The van der Waals surface area contributed by atoms with Crippen molar-refractivity contribution >= 4 is 63.5 Å². The number of carbonyl (C=O) groups is 2. The molecule has 2 aromatic rings. The summed E-state index contributed by atoms with van der Waals surface area (Å²) >= 11 is 12.7. The molecule has 0 saturated carbocycles. The predicted molar refractivity (Wildman–Crippen MR) is 142 cm³/mol. The average Bonchev–Trinajstić information content (AvgIpc) is 3.43. The summed E-state index contributed by atoms with van der Waals surface area (Å²) in [5.74, 6) is 0.461. The van der Waals surface area contributed by atoms with Gasteiger partial charge in [-0.1, -0.05) is 47.7 Å². The van der Waals surface area contributed by atoms with Gasteiger partial charge in [-0.2, -0.15) is 0 Å². The Hall–Kier alpha value is -2.59. The Balaban J connectivity index is 1.42. The first-order valence-corrected chi connectivity index (χ1v) is 12.8. The number of ether oxygens (including phenoxy) is 3. The average molecular weight is 533 g/mol. The van der Waals surface area contributed by atoms with Crippen LogP contribution in [0.1, 0.15) is 25.3 Å². The van der Waals surface area contributed by atoms with E-state index in [0.717, 1.165) is 25.0 Å². The zero-order chi connectivity index (χ0) is 24.8. The summed E-state index contributed by atoms with van der Waals surface area (Å²) in [5, 5.41) is 3.27. The topological polar surface area (TPSA) is 77.1 Å². The van der Waals surface area contributed by atoms with Gasteiger partial charge < -0.3 is 19.5 Å². The van der Waals surface area contributed by atoms with Crippen LogP contribution in [-0.2, 0) is 14.3 Å². The van der Waals surface area contributed by atoms with Crippen molar-refractivity contribution in [1.29, 1.82) is 0 Å². The number of benzene rings is 2. The van der Waals surface area contributed by atoms with E-state index in [9.17, 15) is 9.59 Å². The van der Waals surface area contributed by atoms with E-state index in [1.165, 1.54) is 11.8 Å². The second kappa shape index (κ2) is 11.9. The molecule has 2 heterocycles. The highest BCUT2D eigenvalue weighted by Gasteiger charge is 2.34. The van der Waals surface area contributed by atoms with Crippen molar-refractivity contribution in [2.45, 2.75) is 25.9 Å². The third-order valence-electron chi connectivity index (χ3n) is 5.32. The van der Waals surface area contributed by atoms with Gasteiger partial charge in [-0.3, -0.25) is 14.5 Å². The fourth-order valence-electron chi connectivity index (χ4n) is 3.71. The number of amides is 2. The lowest BCUT2D eigenvalue weighted by molar-refractivity contribution is -0.123. The Labute approximate surface area is 218 Å². The van der Waals surface area contributed by atoms with Crippen LogP contribution in [0.15, 0.2) is 47.4 Å². The van der Waals surface area contributed by atoms with E-state index >= 15 is 0 Å². The van der Waals surface area contributed by atoms with E-state index < -0.39 is 0 Å². The number of hydrogen-bond acceptors (Lipinski definition) is 7. The third-order valence-corrected chi connectivity index (χ3v) is 6.93. The Morgan fingerprint density at radius 3 is 2.89 bits per heavy atom. The van der Waals surface area contributed by atoms with Crippen LogP contribution >= 0.6 is 35.6 Å². The lowest BCUT2D eigenvalue weighted by atomic mass is 10.1. The number of rotatable bonds is 9. The molecule has 1 N–H and O–H groups in total. The smallest absolute Gasteiger partial charge is 0.266 e. The first kappa shape index (κ1) is 25.5. The molecule has 35 heavy (non-hydrogen) atoms. The number of halogens is 1. The second-order valence-electron chi connectivity index (χ2n) is 7.91. The van der Waals surface area contributed by atoms with E-state index in [0.29, 0.717) is 44.6 Å². The molecule has 2 saturated heterocycles. The fraction of sp³-hybridized carbons (Fsp3) is 0.320. The molecule has 2 aliphatic heterocycles. The minimum absolute atomic E-state index is 0.0360. The van der Waals surface area contributed by atoms with E-state index in [-0.39, 0.29) is 24.5 Å². The molecular weight excluding hydrogens is 508 g/mol. The normalized spacial score (nSPS) is 18.9. The highest BCUT2D eigenvalue weighted by atomic mass is 35.5. The van der Waals surface area contributed by atoms with Crippen LogP contribution in [0, 0.1) is 0 Å². The van der Waals surface area contributed by atoms with Crippen LogP contribution in [0.5, 0.6) is 11.5 Å². The van der Waals surface area contributed by atoms with Crippen LogP contribution in [0.25, 0.3) is 6.08 Å². The summed E-state index contributed by atoms with van der Waals surface area (Å²) in [6.45, 7) is 3.28. The molecule has 7 nitrogen and oxygen atoms in total. The van der Waals surface area contributed by atoms with Crippen molar-refractivity contribution in [1.82, 2.24) is 4.90 Å². The SMILES string of the molecule is CCOc1cc(/C=C2\SC(=S)N(C[C@H]3CCCO3)C2=O)ccc1OCC(=O)Nc1cccc(Cl)c1. The summed E-state index contributed by atoms with van der Waals surface area (Å²) in [6.07, 6.45) is 3.76. The lowest BCUT2D eigenvalue weighted by Gasteiger charge is -2.18. The van der Waals surface area contributed by atoms with E-state index in [4.69, 9.17) is 38.0 Å². The van der Waals surface area contributed by atoms with E-state index in [1.807, 2.05) is 6.92 Å². The number of thioether (sulfide) groups is 1. The van der Waals surface area contributed by atoms with E-state index in [1.54, 1.807) is 53.4 Å². The fourth-order valence-corrected chi connectivity index (χ4v) is 5.17. The van der Waals surface area contributed by atoms with Gasteiger partial charge in [0, 0.05) is 17.3 Å². The number of nitrogens with zero attached hydrogens (tertiary/aromatic N) is 1. The zero-order valence-electron chi connectivity index (χ0n) is 19.1. The molecule has 2 fully saturated rings. The van der Waals surface area contributed by atoms with Crippen molar-refractivity contribution in [2.75, 3.05) is 31.7 Å². The standard InChI is InChI=1S/C25H25ClN2O5S2/c1-2-31-21-11-16(12-22-24(30)28(25(34)35-22)14-19-7-4-10-32-19)8-9-20(21)33-15-23(29)27-18-6-3-5-17(26)13-18/h3,5-6,8-9,11-13,19H,2,4,7,10,14-15H2,1H3,(H,27,29)/b22-12-/t19-/m1/s1. The third kappa shape index (κ3) is 6.76. The molecule has 1 atom stereocenters. The van der Waals surface area contributed by atoms with Gasteiger partial charge in [-0.25, -0.2) is 0 Å². The van der Waals surface area contributed by atoms with Crippen LogP contribution in [0.2, 0.25) is 5.02 Å². The molecule has 0 aliphatic carbocycles. The van der Waals surface area contributed by atoms with Crippen molar-refractivity contribution in [2.24, 2.45) is 0 Å². The highest BCUT2D eigenvalue weighted by molar-refractivity contribution is 8.26.